The summed E-state index contributed by atoms with van der Waals surface area (Å²) in [5, 5.41) is 25.2. The number of benzene rings is 1. The van der Waals surface area contributed by atoms with Crippen LogP contribution in [0.4, 0.5) is 0 Å². The van der Waals surface area contributed by atoms with Crippen LogP contribution in [0.15, 0.2) is 30.3 Å². The summed E-state index contributed by atoms with van der Waals surface area (Å²) in [5.41, 5.74) is 6.55. The minimum atomic E-state index is -1.50. The summed E-state index contributed by atoms with van der Waals surface area (Å²) >= 11 is 0. The molecule has 10 nitrogen and oxygen atoms in total. The van der Waals surface area contributed by atoms with Gasteiger partial charge in [0.25, 0.3) is 0 Å². The summed E-state index contributed by atoms with van der Waals surface area (Å²) in [6.45, 7) is 2.54. The minimum absolute atomic E-state index is 0.0592. The van der Waals surface area contributed by atoms with Gasteiger partial charge < -0.3 is 31.9 Å². The molecule has 0 saturated carbocycles. The normalized spacial score (nSPS) is 14.7. The second-order valence-electron chi connectivity index (χ2n) is 7.02. The third-order valence-electron chi connectivity index (χ3n) is 4.71. The van der Waals surface area contributed by atoms with Crippen molar-refractivity contribution in [2.45, 2.75) is 44.8 Å². The number of aliphatic hydroxyl groups excluding tert-OH is 1. The molecule has 1 aromatic rings. The van der Waals surface area contributed by atoms with E-state index in [0.717, 1.165) is 5.56 Å². The molecule has 0 aromatic heterocycles. The lowest BCUT2D eigenvalue weighted by molar-refractivity contribution is -0.143. The zero-order valence-corrected chi connectivity index (χ0v) is 17.1. The summed E-state index contributed by atoms with van der Waals surface area (Å²) in [4.78, 5) is 47.9. The van der Waals surface area contributed by atoms with Gasteiger partial charge in [-0.1, -0.05) is 50.6 Å². The van der Waals surface area contributed by atoms with Crippen molar-refractivity contribution < 1.29 is 29.4 Å². The molecule has 0 saturated heterocycles. The average molecular weight is 422 g/mol. The first kappa shape index (κ1) is 25.1. The molecule has 10 heteroatoms. The number of nitrogens with two attached hydrogens (primary N) is 1. The molecule has 0 aliphatic rings. The van der Waals surface area contributed by atoms with Crippen LogP contribution in [-0.4, -0.2) is 65.2 Å². The molecular weight excluding hydrogens is 392 g/mol. The Morgan fingerprint density at radius 3 is 2.20 bits per heavy atom. The van der Waals surface area contributed by atoms with Gasteiger partial charge in [0.05, 0.1) is 19.2 Å². The van der Waals surface area contributed by atoms with Crippen LogP contribution in [0.3, 0.4) is 0 Å². The molecule has 1 aromatic carbocycles. The van der Waals surface area contributed by atoms with Crippen molar-refractivity contribution in [3.05, 3.63) is 35.9 Å². The molecule has 0 fully saturated rings. The summed E-state index contributed by atoms with van der Waals surface area (Å²) in [6.07, 6.45) is 0.798. The predicted molar refractivity (Wildman–Crippen MR) is 109 cm³/mol. The third-order valence-corrected chi connectivity index (χ3v) is 4.71. The van der Waals surface area contributed by atoms with Crippen LogP contribution in [0.25, 0.3) is 0 Å². The van der Waals surface area contributed by atoms with Crippen molar-refractivity contribution in [3.8, 4) is 0 Å². The third kappa shape index (κ3) is 8.18. The number of amides is 3. The second kappa shape index (κ2) is 12.6. The number of carbonyl (C=O) groups excluding carboxylic acids is 3. The monoisotopic (exact) mass is 422 g/mol. The highest BCUT2D eigenvalue weighted by Gasteiger charge is 2.27. The zero-order chi connectivity index (χ0) is 22.7. The lowest BCUT2D eigenvalue weighted by Crippen LogP contribution is -2.55. The van der Waals surface area contributed by atoms with E-state index >= 15 is 0 Å². The Morgan fingerprint density at radius 1 is 1.03 bits per heavy atom. The molecule has 0 bridgehead atoms. The summed E-state index contributed by atoms with van der Waals surface area (Å²) in [6, 6.07) is 5.45. The first-order valence-electron chi connectivity index (χ1n) is 9.70. The largest absolute Gasteiger partial charge is 0.480 e. The standard InChI is InChI=1S/C20H30N4O6/c1-3-12(2)17(21)19(28)22-10-16(26)23-14(9-13-7-5-4-6-8-13)18(27)24-15(11-25)20(29)30/h4-8,12,14-15,17,25H,3,9-11,21H2,1-2H3,(H,22,28)(H,23,26)(H,24,27)(H,29,30). The van der Waals surface area contributed by atoms with Crippen molar-refractivity contribution in [3.63, 3.8) is 0 Å². The first-order chi connectivity index (χ1) is 14.2. The van der Waals surface area contributed by atoms with Gasteiger partial charge in [0.15, 0.2) is 0 Å². The number of hydrogen-bond donors (Lipinski definition) is 6. The lowest BCUT2D eigenvalue weighted by atomic mass is 9.99. The van der Waals surface area contributed by atoms with Crippen molar-refractivity contribution >= 4 is 23.7 Å². The molecule has 0 aliphatic heterocycles. The number of aliphatic hydroxyl groups is 1. The topological polar surface area (TPSA) is 171 Å². The van der Waals surface area contributed by atoms with Gasteiger partial charge in [-0.05, 0) is 11.5 Å². The molecule has 30 heavy (non-hydrogen) atoms. The van der Waals surface area contributed by atoms with Gasteiger partial charge in [-0.2, -0.15) is 0 Å². The number of nitrogens with one attached hydrogen (secondary N) is 3. The number of carboxylic acid groups (broad SMARTS) is 1. The van der Waals surface area contributed by atoms with Crippen LogP contribution >= 0.6 is 0 Å². The fraction of sp³-hybridized carbons (Fsp3) is 0.500. The van der Waals surface area contributed by atoms with Gasteiger partial charge in [0.2, 0.25) is 17.7 Å². The maximum atomic E-state index is 12.5. The lowest BCUT2D eigenvalue weighted by Gasteiger charge is -2.21. The number of aliphatic carboxylic acids is 1. The van der Waals surface area contributed by atoms with E-state index in [4.69, 9.17) is 15.9 Å². The van der Waals surface area contributed by atoms with Crippen LogP contribution in [0.1, 0.15) is 25.8 Å². The van der Waals surface area contributed by atoms with Crippen LogP contribution in [0.5, 0.6) is 0 Å². The highest BCUT2D eigenvalue weighted by Crippen LogP contribution is 2.06. The van der Waals surface area contributed by atoms with Crippen LogP contribution in [0.2, 0.25) is 0 Å². The van der Waals surface area contributed by atoms with Gasteiger partial charge in [-0.3, -0.25) is 14.4 Å². The van der Waals surface area contributed by atoms with E-state index in [9.17, 15) is 19.2 Å². The molecule has 1 rings (SSSR count). The van der Waals surface area contributed by atoms with Gasteiger partial charge in [0.1, 0.15) is 12.1 Å². The smallest absolute Gasteiger partial charge is 0.328 e. The van der Waals surface area contributed by atoms with Crippen molar-refractivity contribution in [1.29, 1.82) is 0 Å². The number of rotatable bonds is 12. The molecule has 4 atom stereocenters. The van der Waals surface area contributed by atoms with Gasteiger partial charge >= 0.3 is 5.97 Å². The summed E-state index contributed by atoms with van der Waals surface area (Å²) in [5.74, 6) is -3.34. The fourth-order valence-electron chi connectivity index (χ4n) is 2.56. The van der Waals surface area contributed by atoms with E-state index in [2.05, 4.69) is 16.0 Å². The van der Waals surface area contributed by atoms with Crippen molar-refractivity contribution in [2.75, 3.05) is 13.2 Å². The Hall–Kier alpha value is -2.98. The summed E-state index contributed by atoms with van der Waals surface area (Å²) < 4.78 is 0. The van der Waals surface area contributed by atoms with Crippen molar-refractivity contribution in [1.82, 2.24) is 16.0 Å². The molecular formula is C20H30N4O6. The number of carbonyl (C=O) groups is 4. The van der Waals surface area contributed by atoms with Gasteiger partial charge in [0, 0.05) is 6.42 Å². The Bertz CT molecular complexity index is 727. The highest BCUT2D eigenvalue weighted by molar-refractivity contribution is 5.92. The Morgan fingerprint density at radius 2 is 1.67 bits per heavy atom. The number of hydrogen-bond acceptors (Lipinski definition) is 6. The molecule has 4 unspecified atom stereocenters. The molecule has 0 aliphatic carbocycles. The molecule has 166 valence electrons. The van der Waals surface area contributed by atoms with Crippen LogP contribution in [-0.2, 0) is 25.6 Å². The molecule has 3 amide bonds. The van der Waals surface area contributed by atoms with E-state index < -0.39 is 48.4 Å². The second-order valence-corrected chi connectivity index (χ2v) is 7.02. The van der Waals surface area contributed by atoms with Crippen LogP contribution < -0.4 is 21.7 Å². The van der Waals surface area contributed by atoms with Crippen molar-refractivity contribution in [2.24, 2.45) is 11.7 Å². The fourth-order valence-corrected chi connectivity index (χ4v) is 2.56. The SMILES string of the molecule is CCC(C)C(N)C(=O)NCC(=O)NC(Cc1ccccc1)C(=O)NC(CO)C(=O)O. The van der Waals surface area contributed by atoms with E-state index in [-0.39, 0.29) is 18.9 Å². The molecule has 7 N–H and O–H groups in total. The molecule has 0 radical (unpaired) electrons. The molecule has 0 heterocycles. The maximum Gasteiger partial charge on any atom is 0.328 e. The Labute approximate surface area is 175 Å². The van der Waals surface area contributed by atoms with E-state index in [1.54, 1.807) is 30.3 Å². The van der Waals surface area contributed by atoms with E-state index in [0.29, 0.717) is 6.42 Å². The van der Waals surface area contributed by atoms with Gasteiger partial charge in [-0.25, -0.2) is 4.79 Å². The zero-order valence-electron chi connectivity index (χ0n) is 17.1. The van der Waals surface area contributed by atoms with Gasteiger partial charge in [-0.15, -0.1) is 0 Å². The highest BCUT2D eigenvalue weighted by atomic mass is 16.4. The first-order valence-corrected chi connectivity index (χ1v) is 9.70. The predicted octanol–water partition coefficient (Wildman–Crippen LogP) is -1.23. The Kier molecular flexibility index (Phi) is 10.5. The average Bonchev–Trinajstić information content (AvgIpc) is 2.74. The maximum absolute atomic E-state index is 12.5. The van der Waals surface area contributed by atoms with Crippen LogP contribution in [0, 0.1) is 5.92 Å². The van der Waals surface area contributed by atoms with E-state index in [1.807, 2.05) is 13.8 Å². The Balaban J connectivity index is 2.79. The quantitative estimate of drug-likeness (QED) is 0.245. The minimum Gasteiger partial charge on any atom is -0.480 e. The van der Waals surface area contributed by atoms with E-state index in [1.165, 1.54) is 0 Å². The summed E-state index contributed by atoms with van der Waals surface area (Å²) in [7, 11) is 0. The number of carboxylic acids is 1. The molecule has 0 spiro atoms.